The highest BCUT2D eigenvalue weighted by atomic mass is 16.5. The van der Waals surface area contributed by atoms with Gasteiger partial charge in [-0.1, -0.05) is 44.9 Å². The Kier molecular flexibility index (Phi) is 11.9. The van der Waals surface area contributed by atoms with Crippen LogP contribution in [-0.4, -0.2) is 105 Å². The SMILES string of the molecule is CC[C@H](C)[C@H](NC(=O)OC)C(=O)N1[C@H](c2ncc(-c3ccc4c(c3)COc3cc5c(ccc6nc([C@@H]7CC[C@H](C)N7C(=O)[C@@H](NC(=O)OC)C7CCOCC7)[nH]c65)cc3-4)[nH]2)C[C@@H]2CCC[C@@H]21. The number of nitrogens with zero attached hydrogens (tertiary/aromatic N) is 4. The Bertz CT molecular complexity index is 2670. The predicted octanol–water partition coefficient (Wildman–Crippen LogP) is 8.08. The number of fused-ring (bicyclic) bond motifs is 7. The molecule has 3 saturated heterocycles. The minimum atomic E-state index is -0.722. The number of methoxy groups -OCH3 is 2. The summed E-state index contributed by atoms with van der Waals surface area (Å²) in [4.78, 5) is 74.7. The molecule has 4 amide bonds. The lowest BCUT2D eigenvalue weighted by Gasteiger charge is -2.36. The number of hydrogen-bond donors (Lipinski definition) is 4. The Hall–Kier alpha value is -6.16. The molecule has 0 spiro atoms. The van der Waals surface area contributed by atoms with E-state index in [9.17, 15) is 19.2 Å². The van der Waals surface area contributed by atoms with Crippen LogP contribution in [0.25, 0.3) is 44.2 Å². The highest BCUT2D eigenvalue weighted by molar-refractivity contribution is 6.07. The average molecular weight is 901 g/mol. The number of H-pyrrole nitrogens is 2. The molecule has 16 nitrogen and oxygen atoms in total. The molecule has 0 unspecified atom stereocenters. The summed E-state index contributed by atoms with van der Waals surface area (Å²) in [6, 6.07) is 12.9. The fourth-order valence-electron chi connectivity index (χ4n) is 11.6. The second-order valence-corrected chi connectivity index (χ2v) is 19.0. The Morgan fingerprint density at radius 2 is 1.67 bits per heavy atom. The number of benzene rings is 3. The second kappa shape index (κ2) is 17.9. The van der Waals surface area contributed by atoms with Crippen LogP contribution in [0.1, 0.15) is 108 Å². The van der Waals surface area contributed by atoms with E-state index >= 15 is 0 Å². The third-order valence-corrected chi connectivity index (χ3v) is 15.3. The highest BCUT2D eigenvalue weighted by Crippen LogP contribution is 2.48. The monoisotopic (exact) mass is 900 g/mol. The molecule has 2 aromatic heterocycles. The first-order valence-corrected chi connectivity index (χ1v) is 23.7. The number of imidazole rings is 2. The Balaban J connectivity index is 0.906. The van der Waals surface area contributed by atoms with E-state index < -0.39 is 24.3 Å². The van der Waals surface area contributed by atoms with E-state index in [0.29, 0.717) is 38.6 Å². The Morgan fingerprint density at radius 1 is 0.864 bits per heavy atom. The van der Waals surface area contributed by atoms with Crippen LogP contribution in [0.5, 0.6) is 5.75 Å². The summed E-state index contributed by atoms with van der Waals surface area (Å²) in [5.74, 6) is 2.32. The lowest BCUT2D eigenvalue weighted by Crippen LogP contribution is -2.54. The molecule has 5 aliphatic rings. The van der Waals surface area contributed by atoms with Crippen LogP contribution in [-0.2, 0) is 30.4 Å². The van der Waals surface area contributed by atoms with Crippen LogP contribution < -0.4 is 15.4 Å². The average Bonchev–Trinajstić information content (AvgIpc) is 4.20. The van der Waals surface area contributed by atoms with Gasteiger partial charge in [-0.05, 0) is 116 Å². The number of alkyl carbamates (subject to hydrolysis) is 2. The van der Waals surface area contributed by atoms with Crippen molar-refractivity contribution in [3.8, 4) is 28.1 Å². The third kappa shape index (κ3) is 7.79. The molecular weight excluding hydrogens is 841 g/mol. The molecule has 1 aliphatic carbocycles. The zero-order valence-electron chi connectivity index (χ0n) is 38.4. The minimum Gasteiger partial charge on any atom is -0.488 e. The lowest BCUT2D eigenvalue weighted by atomic mass is 9.90. The maximum atomic E-state index is 14.4. The van der Waals surface area contributed by atoms with Crippen LogP contribution in [0.2, 0.25) is 0 Å². The molecule has 16 heteroatoms. The van der Waals surface area contributed by atoms with Gasteiger partial charge in [0.25, 0.3) is 0 Å². The summed E-state index contributed by atoms with van der Waals surface area (Å²) >= 11 is 0. The quantitative estimate of drug-likeness (QED) is 0.107. The van der Waals surface area contributed by atoms with Gasteiger partial charge in [-0.3, -0.25) is 9.59 Å². The normalized spacial score (nSPS) is 24.0. The first-order valence-electron chi connectivity index (χ1n) is 23.7. The van der Waals surface area contributed by atoms with Crippen molar-refractivity contribution in [2.45, 2.75) is 121 Å². The van der Waals surface area contributed by atoms with Gasteiger partial charge in [-0.2, -0.15) is 0 Å². The number of hydrogen-bond acceptors (Lipinski definition) is 10. The van der Waals surface area contributed by atoms with E-state index in [2.05, 4.69) is 63.9 Å². The first-order chi connectivity index (χ1) is 32.0. The number of likely N-dealkylation sites (tertiary alicyclic amines) is 2. The molecule has 8 atom stereocenters. The van der Waals surface area contributed by atoms with Crippen LogP contribution in [0.3, 0.4) is 0 Å². The number of carbonyl (C=O) groups excluding carboxylic acids is 4. The van der Waals surface area contributed by atoms with Crippen LogP contribution in [0.4, 0.5) is 9.59 Å². The van der Waals surface area contributed by atoms with Crippen molar-refractivity contribution in [3.05, 3.63) is 65.9 Å². The summed E-state index contributed by atoms with van der Waals surface area (Å²) in [6.07, 6.45) is 8.21. The van der Waals surface area contributed by atoms with E-state index in [0.717, 1.165) is 112 Å². The number of nitrogens with one attached hydrogen (secondary N) is 4. The van der Waals surface area contributed by atoms with Crippen molar-refractivity contribution in [3.63, 3.8) is 0 Å². The molecule has 5 aromatic rings. The number of rotatable bonds is 10. The second-order valence-electron chi connectivity index (χ2n) is 19.0. The van der Waals surface area contributed by atoms with Gasteiger partial charge < -0.3 is 49.3 Å². The summed E-state index contributed by atoms with van der Waals surface area (Å²) in [6.45, 7) is 7.55. The summed E-state index contributed by atoms with van der Waals surface area (Å²) in [5.41, 5.74) is 6.67. The molecule has 6 heterocycles. The fourth-order valence-corrected chi connectivity index (χ4v) is 11.6. The molecule has 0 radical (unpaired) electrons. The van der Waals surface area contributed by atoms with Crippen LogP contribution >= 0.6 is 0 Å². The van der Waals surface area contributed by atoms with Gasteiger partial charge in [-0.25, -0.2) is 19.6 Å². The molecule has 4 N–H and O–H groups in total. The van der Waals surface area contributed by atoms with Crippen molar-refractivity contribution >= 4 is 45.8 Å². The fraction of sp³-hybridized carbons (Fsp3) is 0.520. The molecule has 4 aliphatic heterocycles. The van der Waals surface area contributed by atoms with Crippen molar-refractivity contribution in [1.82, 2.24) is 40.4 Å². The lowest BCUT2D eigenvalue weighted by molar-refractivity contribution is -0.139. The van der Waals surface area contributed by atoms with E-state index in [4.69, 9.17) is 28.9 Å². The van der Waals surface area contributed by atoms with E-state index in [-0.39, 0.29) is 47.8 Å². The van der Waals surface area contributed by atoms with Gasteiger partial charge in [-0.15, -0.1) is 0 Å². The maximum Gasteiger partial charge on any atom is 0.407 e. The zero-order valence-corrected chi connectivity index (χ0v) is 38.4. The molecule has 1 saturated carbocycles. The zero-order chi connectivity index (χ0) is 45.8. The first kappa shape index (κ1) is 43.7. The smallest absolute Gasteiger partial charge is 0.407 e. The molecule has 10 rings (SSSR count). The van der Waals surface area contributed by atoms with Crippen molar-refractivity contribution in [2.24, 2.45) is 17.8 Å². The Labute approximate surface area is 383 Å². The molecule has 66 heavy (non-hydrogen) atoms. The van der Waals surface area contributed by atoms with Gasteiger partial charge >= 0.3 is 12.2 Å². The summed E-state index contributed by atoms with van der Waals surface area (Å²) in [7, 11) is 2.64. The van der Waals surface area contributed by atoms with Gasteiger partial charge in [0, 0.05) is 36.2 Å². The largest absolute Gasteiger partial charge is 0.488 e. The minimum absolute atomic E-state index is 0.0378. The van der Waals surface area contributed by atoms with Crippen molar-refractivity contribution in [2.75, 3.05) is 27.4 Å². The van der Waals surface area contributed by atoms with Gasteiger partial charge in [0.05, 0.1) is 49.2 Å². The summed E-state index contributed by atoms with van der Waals surface area (Å²) < 4.78 is 21.9. The molecule has 3 aromatic carbocycles. The topological polar surface area (TPSA) is 193 Å². The Morgan fingerprint density at radius 3 is 2.45 bits per heavy atom. The standard InChI is InChI=1S/C50H60N8O8/c1-6-26(2)42(55-49(61)63-4)47(59)58-38-9-7-8-31(38)22-40(58)45-51-24-37(53-45)30-11-13-33-32(20-30)25-66-41-23-34-29(21-35(33)41)12-14-36-44(34)54-46(52-36)39-15-10-27(3)57(39)48(60)43(56-50(62)64-5)28-16-18-65-19-17-28/h11-14,20-21,23-24,26-28,31,38-40,42-43H,6-10,15-19,22,25H2,1-5H3,(H,51,53)(H,52,54)(H,55,61)(H,56,62)/t26-,27-,31-,38-,39-,40-,42-,43-/m0/s1. The van der Waals surface area contributed by atoms with Gasteiger partial charge in [0.2, 0.25) is 11.8 Å². The van der Waals surface area contributed by atoms with E-state index in [1.807, 2.05) is 35.9 Å². The molecule has 0 bridgehead atoms. The van der Waals surface area contributed by atoms with E-state index in [1.165, 1.54) is 14.2 Å². The highest BCUT2D eigenvalue weighted by Gasteiger charge is 2.50. The number of amides is 4. The maximum absolute atomic E-state index is 14.4. The molecular formula is C50H60N8O8. The van der Waals surface area contributed by atoms with E-state index in [1.54, 1.807) is 0 Å². The number of carbonyl (C=O) groups is 4. The van der Waals surface area contributed by atoms with Gasteiger partial charge in [0.15, 0.2) is 0 Å². The molecule has 348 valence electrons. The molecule has 4 fully saturated rings. The van der Waals surface area contributed by atoms with Crippen molar-refractivity contribution < 1.29 is 38.1 Å². The predicted molar refractivity (Wildman–Crippen MR) is 246 cm³/mol. The van der Waals surface area contributed by atoms with Crippen LogP contribution in [0, 0.1) is 17.8 Å². The summed E-state index contributed by atoms with van der Waals surface area (Å²) in [5, 5.41) is 7.71. The third-order valence-electron chi connectivity index (χ3n) is 15.3. The van der Waals surface area contributed by atoms with Gasteiger partial charge in [0.1, 0.15) is 36.1 Å². The number of ether oxygens (including phenoxy) is 4. The number of aromatic nitrogens is 4. The number of aromatic amines is 2. The van der Waals surface area contributed by atoms with Crippen LogP contribution in [0.15, 0.2) is 48.7 Å². The van der Waals surface area contributed by atoms with Crippen molar-refractivity contribution in [1.29, 1.82) is 0 Å².